The van der Waals surface area contributed by atoms with Gasteiger partial charge in [-0.3, -0.25) is 9.59 Å². The first-order chi connectivity index (χ1) is 7.91. The van der Waals surface area contributed by atoms with E-state index in [9.17, 15) is 14.0 Å². The first-order valence-corrected chi connectivity index (χ1v) is 5.20. The maximum atomic E-state index is 13.0. The van der Waals surface area contributed by atoms with Crippen LogP contribution in [-0.4, -0.2) is 23.0 Å². The van der Waals surface area contributed by atoms with Crippen LogP contribution in [0.3, 0.4) is 0 Å². The predicted octanol–water partition coefficient (Wildman–Crippen LogP) is 1.52. The smallest absolute Gasteiger partial charge is 0.325 e. The second kappa shape index (κ2) is 5.43. The van der Waals surface area contributed by atoms with Gasteiger partial charge in [-0.1, -0.05) is 12.1 Å². The molecule has 0 heterocycles. The Morgan fingerprint density at radius 2 is 2.00 bits per heavy atom. The van der Waals surface area contributed by atoms with Crippen LogP contribution in [0.15, 0.2) is 24.3 Å². The zero-order valence-corrected chi connectivity index (χ0v) is 9.61. The van der Waals surface area contributed by atoms with Gasteiger partial charge in [0.15, 0.2) is 0 Å². The van der Waals surface area contributed by atoms with Crippen molar-refractivity contribution in [1.29, 1.82) is 0 Å². The minimum atomic E-state index is -1.11. The van der Waals surface area contributed by atoms with Gasteiger partial charge in [-0.2, -0.15) is 0 Å². The Hall–Kier alpha value is -1.91. The van der Waals surface area contributed by atoms with Crippen molar-refractivity contribution < 1.29 is 19.1 Å². The molecule has 1 aromatic rings. The molecule has 0 spiro atoms. The molecule has 0 radical (unpaired) electrons. The van der Waals surface area contributed by atoms with Crippen molar-refractivity contribution in [2.45, 2.75) is 25.8 Å². The van der Waals surface area contributed by atoms with Crippen LogP contribution in [0.4, 0.5) is 4.39 Å². The summed E-state index contributed by atoms with van der Waals surface area (Å²) in [4.78, 5) is 22.2. The van der Waals surface area contributed by atoms with E-state index in [0.29, 0.717) is 5.56 Å². The van der Waals surface area contributed by atoms with E-state index in [2.05, 4.69) is 5.32 Å². The average Bonchev–Trinajstić information content (AvgIpc) is 2.27. The molecule has 0 aliphatic rings. The quantitative estimate of drug-likeness (QED) is 0.837. The molecule has 92 valence electrons. The van der Waals surface area contributed by atoms with Crippen molar-refractivity contribution in [3.8, 4) is 0 Å². The van der Waals surface area contributed by atoms with Crippen LogP contribution in [-0.2, 0) is 9.59 Å². The van der Waals surface area contributed by atoms with Gasteiger partial charge < -0.3 is 10.4 Å². The summed E-state index contributed by atoms with van der Waals surface area (Å²) in [6.07, 6.45) is 0. The fourth-order valence-corrected chi connectivity index (χ4v) is 1.33. The Balaban J connectivity index is 2.73. The molecule has 0 saturated carbocycles. The molecule has 1 amide bonds. The number of halogens is 1. The minimum absolute atomic E-state index is 0.423. The van der Waals surface area contributed by atoms with Gasteiger partial charge in [0, 0.05) is 0 Å². The van der Waals surface area contributed by atoms with Crippen LogP contribution < -0.4 is 5.32 Å². The van der Waals surface area contributed by atoms with E-state index in [1.54, 1.807) is 13.0 Å². The van der Waals surface area contributed by atoms with Crippen molar-refractivity contribution in [1.82, 2.24) is 5.32 Å². The summed E-state index contributed by atoms with van der Waals surface area (Å²) in [6, 6.07) is 4.72. The van der Waals surface area contributed by atoms with Crippen LogP contribution in [0.2, 0.25) is 0 Å². The summed E-state index contributed by atoms with van der Waals surface area (Å²) < 4.78 is 13.0. The largest absolute Gasteiger partial charge is 0.480 e. The summed E-state index contributed by atoms with van der Waals surface area (Å²) in [6.45, 7) is 2.97. The van der Waals surface area contributed by atoms with E-state index in [4.69, 9.17) is 5.11 Å². The Labute approximate surface area is 98.5 Å². The molecule has 0 fully saturated rings. The van der Waals surface area contributed by atoms with Crippen LogP contribution >= 0.6 is 0 Å². The third-order valence-corrected chi connectivity index (χ3v) is 2.47. The van der Waals surface area contributed by atoms with Gasteiger partial charge in [-0.25, -0.2) is 4.39 Å². The maximum Gasteiger partial charge on any atom is 0.325 e. The lowest BCUT2D eigenvalue weighted by atomic mass is 10.00. The number of hydrogen-bond donors (Lipinski definition) is 2. The molecule has 1 unspecified atom stereocenters. The lowest BCUT2D eigenvalue weighted by Gasteiger charge is -2.15. The third-order valence-electron chi connectivity index (χ3n) is 2.47. The number of rotatable bonds is 4. The Kier molecular flexibility index (Phi) is 4.20. The van der Waals surface area contributed by atoms with Crippen LogP contribution in [0.25, 0.3) is 0 Å². The predicted molar refractivity (Wildman–Crippen MR) is 60.1 cm³/mol. The Morgan fingerprint density at radius 3 is 2.53 bits per heavy atom. The molecule has 2 N–H and O–H groups in total. The molecule has 1 aromatic carbocycles. The minimum Gasteiger partial charge on any atom is -0.480 e. The summed E-state index contributed by atoms with van der Waals surface area (Å²) in [5.41, 5.74) is 0.514. The number of carboxylic acids is 1. The molecule has 4 nitrogen and oxygen atoms in total. The van der Waals surface area contributed by atoms with Gasteiger partial charge >= 0.3 is 5.97 Å². The van der Waals surface area contributed by atoms with Crippen molar-refractivity contribution >= 4 is 11.9 Å². The lowest BCUT2D eigenvalue weighted by Crippen LogP contribution is -2.40. The number of amides is 1. The van der Waals surface area contributed by atoms with E-state index in [1.165, 1.54) is 25.1 Å². The fraction of sp³-hybridized carbons (Fsp3) is 0.333. The van der Waals surface area contributed by atoms with E-state index in [1.807, 2.05) is 0 Å². The number of carbonyl (C=O) groups is 2. The van der Waals surface area contributed by atoms with Crippen molar-refractivity contribution in [2.75, 3.05) is 0 Å². The maximum absolute atomic E-state index is 13.0. The molecule has 0 aliphatic carbocycles. The molecule has 0 aliphatic heterocycles. The third kappa shape index (κ3) is 3.55. The molecule has 2 atom stereocenters. The SMILES string of the molecule is CC(C(=O)N[C@H](C)C(=O)O)c1cccc(F)c1. The highest BCUT2D eigenvalue weighted by Crippen LogP contribution is 2.16. The number of carbonyl (C=O) groups excluding carboxylic acids is 1. The van der Waals surface area contributed by atoms with Crippen LogP contribution in [0, 0.1) is 5.82 Å². The topological polar surface area (TPSA) is 66.4 Å². The fourth-order valence-electron chi connectivity index (χ4n) is 1.33. The van der Waals surface area contributed by atoms with Gasteiger partial charge in [0.2, 0.25) is 5.91 Å². The molecule has 1 rings (SSSR count). The Morgan fingerprint density at radius 1 is 1.35 bits per heavy atom. The average molecular weight is 239 g/mol. The van der Waals surface area contributed by atoms with E-state index in [-0.39, 0.29) is 0 Å². The highest BCUT2D eigenvalue weighted by molar-refractivity contribution is 5.87. The van der Waals surface area contributed by atoms with Crippen molar-refractivity contribution in [3.63, 3.8) is 0 Å². The summed E-state index contributed by atoms with van der Waals surface area (Å²) in [5.74, 6) is -2.56. The van der Waals surface area contributed by atoms with Gasteiger partial charge in [0.25, 0.3) is 0 Å². The first-order valence-electron chi connectivity index (χ1n) is 5.20. The monoisotopic (exact) mass is 239 g/mol. The molecular weight excluding hydrogens is 225 g/mol. The van der Waals surface area contributed by atoms with E-state index < -0.39 is 29.7 Å². The highest BCUT2D eigenvalue weighted by atomic mass is 19.1. The van der Waals surface area contributed by atoms with Crippen LogP contribution in [0.1, 0.15) is 25.3 Å². The first kappa shape index (κ1) is 13.2. The van der Waals surface area contributed by atoms with E-state index >= 15 is 0 Å². The van der Waals surface area contributed by atoms with Gasteiger partial charge in [0.1, 0.15) is 11.9 Å². The highest BCUT2D eigenvalue weighted by Gasteiger charge is 2.20. The second-order valence-corrected chi connectivity index (χ2v) is 3.85. The molecule has 0 bridgehead atoms. The van der Waals surface area contributed by atoms with Crippen molar-refractivity contribution in [3.05, 3.63) is 35.6 Å². The Bertz CT molecular complexity index is 434. The molecule has 0 aromatic heterocycles. The molecule has 0 saturated heterocycles. The van der Waals surface area contributed by atoms with Gasteiger partial charge in [-0.05, 0) is 31.5 Å². The zero-order chi connectivity index (χ0) is 13.0. The van der Waals surface area contributed by atoms with Crippen LogP contribution in [0.5, 0.6) is 0 Å². The van der Waals surface area contributed by atoms with E-state index in [0.717, 1.165) is 0 Å². The van der Waals surface area contributed by atoms with Crippen molar-refractivity contribution in [2.24, 2.45) is 0 Å². The summed E-state index contributed by atoms with van der Waals surface area (Å²) in [5, 5.41) is 11.0. The van der Waals surface area contributed by atoms with Gasteiger partial charge in [-0.15, -0.1) is 0 Å². The number of benzene rings is 1. The number of aliphatic carboxylic acids is 1. The normalized spacial score (nSPS) is 13.8. The summed E-state index contributed by atoms with van der Waals surface area (Å²) >= 11 is 0. The zero-order valence-electron chi connectivity index (χ0n) is 9.61. The second-order valence-electron chi connectivity index (χ2n) is 3.85. The molecule has 17 heavy (non-hydrogen) atoms. The number of carboxylic acid groups (broad SMARTS) is 1. The van der Waals surface area contributed by atoms with Gasteiger partial charge in [0.05, 0.1) is 5.92 Å². The number of hydrogen-bond acceptors (Lipinski definition) is 2. The standard InChI is InChI=1S/C12H14FNO3/c1-7(9-4-3-5-10(13)6-9)11(15)14-8(2)12(16)17/h3-8H,1-2H3,(H,14,15)(H,16,17)/t7?,8-/m1/s1. The lowest BCUT2D eigenvalue weighted by molar-refractivity contribution is -0.141. The number of nitrogens with one attached hydrogen (secondary N) is 1. The molecular formula is C12H14FNO3. The molecule has 5 heteroatoms. The summed E-state index contributed by atoms with van der Waals surface area (Å²) in [7, 11) is 0.